The number of piperidine rings is 3. The van der Waals surface area contributed by atoms with Crippen molar-refractivity contribution >= 4 is 41.1 Å². The Morgan fingerprint density at radius 1 is 0.627 bits per heavy atom. The second-order valence-electron chi connectivity index (χ2n) is 13.3. The number of hydrogen-bond donors (Lipinski definition) is 5. The van der Waals surface area contributed by atoms with Crippen molar-refractivity contribution in [1.29, 1.82) is 21.6 Å². The Kier molecular flexibility index (Phi) is 26.2. The van der Waals surface area contributed by atoms with Crippen LogP contribution in [0.25, 0.3) is 0 Å². The first-order valence-electron chi connectivity index (χ1n) is 17.9. The summed E-state index contributed by atoms with van der Waals surface area (Å²) in [6.45, 7) is 18.8. The van der Waals surface area contributed by atoms with Crippen molar-refractivity contribution in [2.45, 2.75) is 107 Å². The third-order valence-corrected chi connectivity index (χ3v) is 9.56. The van der Waals surface area contributed by atoms with Crippen LogP contribution in [0.1, 0.15) is 107 Å². The molecule has 5 rings (SSSR count). The first-order chi connectivity index (χ1) is 23.2. The van der Waals surface area contributed by atoms with E-state index in [-0.39, 0.29) is 32.7 Å². The van der Waals surface area contributed by atoms with Crippen LogP contribution in [0, 0.1) is 33.5 Å². The third kappa shape index (κ3) is 20.1. The van der Waals surface area contributed by atoms with Crippen molar-refractivity contribution in [3.63, 3.8) is 0 Å². The Morgan fingerprint density at radius 2 is 0.961 bits per heavy atom. The molecule has 0 atom stereocenters. The summed E-state index contributed by atoms with van der Waals surface area (Å²) < 4.78 is 4.67. The van der Waals surface area contributed by atoms with Gasteiger partial charge in [-0.2, -0.15) is 0 Å². The molecule has 14 heteroatoms. The van der Waals surface area contributed by atoms with Crippen molar-refractivity contribution in [1.82, 2.24) is 24.5 Å². The quantitative estimate of drug-likeness (QED) is 0.133. The predicted molar refractivity (Wildman–Crippen MR) is 212 cm³/mol. The van der Waals surface area contributed by atoms with E-state index in [9.17, 15) is 9.59 Å². The number of aliphatic imine (C=N–C) groups is 1. The van der Waals surface area contributed by atoms with Crippen molar-refractivity contribution in [3.05, 3.63) is 0 Å². The van der Waals surface area contributed by atoms with E-state index in [1.54, 1.807) is 13.8 Å². The average Bonchev–Trinajstić information content (AvgIpc) is 3.78. The van der Waals surface area contributed by atoms with Gasteiger partial charge in [0.25, 0.3) is 0 Å². The lowest BCUT2D eigenvalue weighted by Crippen LogP contribution is -2.39. The van der Waals surface area contributed by atoms with Gasteiger partial charge in [0.1, 0.15) is 0 Å². The first kappa shape index (κ1) is 49.4. The van der Waals surface area contributed by atoms with Gasteiger partial charge in [0.15, 0.2) is 0 Å². The topological polar surface area (TPSA) is 188 Å². The van der Waals surface area contributed by atoms with Gasteiger partial charge in [-0.1, -0.05) is 14.9 Å². The number of amidine groups is 5. The van der Waals surface area contributed by atoms with Gasteiger partial charge >= 0.3 is 11.9 Å². The molecule has 0 aromatic rings. The second kappa shape index (κ2) is 27.0. The fraction of sp³-hybridized carbons (Fsp3) is 0.811. The average molecular weight is 723 g/mol. The van der Waals surface area contributed by atoms with Gasteiger partial charge in [-0.15, -0.1) is 0 Å². The Hall–Kier alpha value is -3.71. The van der Waals surface area contributed by atoms with E-state index in [0.29, 0.717) is 37.6 Å². The zero-order chi connectivity index (χ0) is 36.9. The van der Waals surface area contributed by atoms with Crippen molar-refractivity contribution in [2.75, 3.05) is 79.6 Å². The largest absolute Gasteiger partial charge is 0.481 e. The number of aliphatic carboxylic acids is 1. The number of carbonyl (C=O) groups is 2. The molecule has 0 amide bonds. The van der Waals surface area contributed by atoms with E-state index in [2.05, 4.69) is 31.5 Å². The number of carboxylic acids is 1. The van der Waals surface area contributed by atoms with E-state index >= 15 is 0 Å². The number of methoxy groups -OCH3 is 1. The maximum absolute atomic E-state index is 11.1. The Labute approximate surface area is 310 Å². The molecule has 14 nitrogen and oxygen atoms in total. The Balaban J connectivity index is 0. The molecule has 51 heavy (non-hydrogen) atoms. The summed E-state index contributed by atoms with van der Waals surface area (Å²) in [4.78, 5) is 36.2. The minimum absolute atomic E-state index is 0. The van der Waals surface area contributed by atoms with E-state index in [1.807, 2.05) is 30.6 Å². The molecule has 0 bridgehead atoms. The van der Waals surface area contributed by atoms with E-state index < -0.39 is 5.97 Å². The normalized spacial score (nSPS) is 18.6. The standard InChI is InChI=1S/C9H16N2O2.C8H14N2O2.C7H14N2.C6H12N2.C5H10N2.2CH4/c1-7(10)11-5-3-8(4-6-11)9(12)13-2;1-6(9)10-4-2-7(3-5-10)8(11)12;1-7(8)9-5-3-2-4-6-9;1-6(7)8-4-2-3-5-8;1-5-6-3-4-7(5)2;;/h8,10H,3-6H2,1-2H3;7,9H,2-5H2,1H3,(H,11,12);8H,2-6H2,1H3;7H,2-5H2,1H3;3-4H2,1-2H3;2*1H4. The predicted octanol–water partition coefficient (Wildman–Crippen LogP) is 5.82. The number of nitrogens with one attached hydrogen (secondary N) is 4. The third-order valence-electron chi connectivity index (χ3n) is 9.56. The maximum atomic E-state index is 11.1. The SMILES string of the molecule is C.C.CC(=N)N1CCC(C(=O)O)CC1.CC(=N)N1CCCC1.CC(=N)N1CCCCC1.CC1=NCCN1C.COC(=O)C1CCN(C(C)=N)CC1. The molecule has 4 fully saturated rings. The lowest BCUT2D eigenvalue weighted by Gasteiger charge is -2.31. The minimum atomic E-state index is -0.697. The number of esters is 1. The van der Waals surface area contributed by atoms with Gasteiger partial charge in [0.2, 0.25) is 0 Å². The number of carboxylic acid groups (broad SMARTS) is 1. The number of hydrogen-bond acceptors (Lipinski definition) is 9. The van der Waals surface area contributed by atoms with Crippen LogP contribution >= 0.6 is 0 Å². The lowest BCUT2D eigenvalue weighted by molar-refractivity contribution is -0.146. The second-order valence-corrected chi connectivity index (χ2v) is 13.3. The van der Waals surface area contributed by atoms with Crippen LogP contribution in [0.2, 0.25) is 0 Å². The molecule has 0 aromatic carbocycles. The summed E-state index contributed by atoms with van der Waals surface area (Å²) in [7, 11) is 3.49. The highest BCUT2D eigenvalue weighted by Crippen LogP contribution is 2.18. The van der Waals surface area contributed by atoms with Crippen LogP contribution in [0.5, 0.6) is 0 Å². The molecule has 0 unspecified atom stereocenters. The summed E-state index contributed by atoms with van der Waals surface area (Å²) in [5.41, 5.74) is 0. The smallest absolute Gasteiger partial charge is 0.308 e. The zero-order valence-corrected chi connectivity index (χ0v) is 31.4. The number of likely N-dealkylation sites (tertiary alicyclic amines) is 4. The summed E-state index contributed by atoms with van der Waals surface area (Å²) in [6, 6.07) is 0. The highest BCUT2D eigenvalue weighted by Gasteiger charge is 2.26. The monoisotopic (exact) mass is 723 g/mol. The van der Waals surface area contributed by atoms with Crippen LogP contribution < -0.4 is 0 Å². The van der Waals surface area contributed by atoms with Gasteiger partial charge < -0.3 is 34.3 Å². The van der Waals surface area contributed by atoms with Crippen LogP contribution in [-0.4, -0.2) is 150 Å². The summed E-state index contributed by atoms with van der Waals surface area (Å²) in [6.07, 6.45) is 9.41. The highest BCUT2D eigenvalue weighted by atomic mass is 16.5. The molecule has 4 saturated heterocycles. The minimum Gasteiger partial charge on any atom is -0.481 e. The molecule has 0 aliphatic carbocycles. The molecule has 0 radical (unpaired) electrons. The molecule has 5 aliphatic rings. The van der Waals surface area contributed by atoms with Crippen LogP contribution in [0.3, 0.4) is 0 Å². The summed E-state index contributed by atoms with van der Waals surface area (Å²) in [5.74, 6) is 2.79. The fourth-order valence-corrected chi connectivity index (χ4v) is 6.01. The molecule has 0 spiro atoms. The van der Waals surface area contributed by atoms with E-state index in [4.69, 9.17) is 26.7 Å². The molecular weight excluding hydrogens is 648 g/mol. The Morgan fingerprint density at radius 3 is 1.20 bits per heavy atom. The van der Waals surface area contributed by atoms with Crippen LogP contribution in [-0.2, 0) is 14.3 Å². The van der Waals surface area contributed by atoms with Gasteiger partial charge in [-0.05, 0) is 92.4 Å². The van der Waals surface area contributed by atoms with Gasteiger partial charge in [0, 0.05) is 66.0 Å². The number of ether oxygens (including phenoxy) is 1. The fourth-order valence-electron chi connectivity index (χ4n) is 6.01. The van der Waals surface area contributed by atoms with Crippen molar-refractivity contribution < 1.29 is 19.4 Å². The van der Waals surface area contributed by atoms with E-state index in [1.165, 1.54) is 45.0 Å². The first-order valence-corrected chi connectivity index (χ1v) is 17.9. The molecular formula is C37H74N10O4. The van der Waals surface area contributed by atoms with Crippen molar-refractivity contribution in [3.8, 4) is 0 Å². The summed E-state index contributed by atoms with van der Waals surface area (Å²) in [5, 5.41) is 38.0. The van der Waals surface area contributed by atoms with Crippen molar-refractivity contribution in [2.24, 2.45) is 16.8 Å². The van der Waals surface area contributed by atoms with Crippen LogP contribution in [0.15, 0.2) is 4.99 Å². The van der Waals surface area contributed by atoms with Gasteiger partial charge in [-0.3, -0.25) is 36.2 Å². The maximum Gasteiger partial charge on any atom is 0.308 e. The van der Waals surface area contributed by atoms with Crippen LogP contribution in [0.4, 0.5) is 0 Å². The molecule has 0 aromatic heterocycles. The molecule has 5 heterocycles. The number of nitrogens with zero attached hydrogens (tertiary/aromatic N) is 6. The molecule has 296 valence electrons. The van der Waals surface area contributed by atoms with E-state index in [0.717, 1.165) is 76.9 Å². The molecule has 5 aliphatic heterocycles. The van der Waals surface area contributed by atoms with Gasteiger partial charge in [-0.25, -0.2) is 0 Å². The molecule has 0 saturated carbocycles. The lowest BCUT2D eigenvalue weighted by atomic mass is 9.97. The Bertz CT molecular complexity index is 1060. The zero-order valence-electron chi connectivity index (χ0n) is 31.4. The number of rotatable bonds is 2. The number of carbonyl (C=O) groups excluding carboxylic acids is 1. The highest BCUT2D eigenvalue weighted by molar-refractivity contribution is 5.81. The molecule has 5 N–H and O–H groups in total. The summed E-state index contributed by atoms with van der Waals surface area (Å²) >= 11 is 0. The van der Waals surface area contributed by atoms with Gasteiger partial charge in [0.05, 0.1) is 54.7 Å². The number of likely N-dealkylation sites (N-methyl/N-ethyl adjacent to an activating group) is 1.